The van der Waals surface area contributed by atoms with Crippen LogP contribution in [0.5, 0.6) is 5.75 Å². The van der Waals surface area contributed by atoms with Gasteiger partial charge < -0.3 is 43.5 Å². The fourth-order valence-electron chi connectivity index (χ4n) is 4.92. The number of allylic oxidation sites excluding steroid dienone is 4. The number of fused-ring (bicyclic) bond motifs is 1. The van der Waals surface area contributed by atoms with Crippen molar-refractivity contribution in [2.75, 3.05) is 48.1 Å². The topological polar surface area (TPSA) is 133 Å². The summed E-state index contributed by atoms with van der Waals surface area (Å²) in [6, 6.07) is 7.30. The molecular formula is C31H44ClNO10. The van der Waals surface area contributed by atoms with Crippen LogP contribution in [0.25, 0.3) is 0 Å². The lowest BCUT2D eigenvalue weighted by atomic mass is 9.85. The Labute approximate surface area is 259 Å². The maximum atomic E-state index is 12.2. The van der Waals surface area contributed by atoms with Gasteiger partial charge in [0.05, 0.1) is 20.8 Å². The third kappa shape index (κ3) is 9.44. The van der Waals surface area contributed by atoms with Crippen LogP contribution in [-0.4, -0.2) is 111 Å². The van der Waals surface area contributed by atoms with E-state index >= 15 is 0 Å². The lowest BCUT2D eigenvalue weighted by Gasteiger charge is -2.28. The molecule has 43 heavy (non-hydrogen) atoms. The van der Waals surface area contributed by atoms with Crippen molar-refractivity contribution >= 4 is 24.0 Å². The molecule has 6 unspecified atom stereocenters. The average Bonchev–Trinajstić information content (AvgIpc) is 3.44. The fourth-order valence-corrected chi connectivity index (χ4v) is 4.92. The van der Waals surface area contributed by atoms with Crippen LogP contribution in [0.2, 0.25) is 0 Å². The summed E-state index contributed by atoms with van der Waals surface area (Å²) in [6.45, 7) is 8.46. The summed E-state index contributed by atoms with van der Waals surface area (Å²) in [4.78, 5) is 26.1. The zero-order chi connectivity index (χ0) is 31.0. The van der Waals surface area contributed by atoms with Gasteiger partial charge in [-0.25, -0.2) is 0 Å². The van der Waals surface area contributed by atoms with Crippen LogP contribution < -0.4 is 4.74 Å². The molecule has 0 amide bonds. The molecule has 6 atom stereocenters. The van der Waals surface area contributed by atoms with Crippen LogP contribution in [0.4, 0.5) is 0 Å². The summed E-state index contributed by atoms with van der Waals surface area (Å²) >= 11 is 0. The summed E-state index contributed by atoms with van der Waals surface area (Å²) in [5.41, 5.74) is 1.26. The first-order chi connectivity index (χ1) is 19.9. The number of carbonyl (C=O) groups excluding carboxylic acids is 2. The van der Waals surface area contributed by atoms with Gasteiger partial charge in [-0.05, 0) is 64.7 Å². The molecule has 2 fully saturated rings. The zero-order valence-electron chi connectivity index (χ0n) is 25.6. The van der Waals surface area contributed by atoms with Gasteiger partial charge in [0, 0.05) is 24.2 Å². The van der Waals surface area contributed by atoms with Crippen LogP contribution in [0.3, 0.4) is 0 Å². The standard InChI is InChI=1S/C17H16O4.C14H27NO6.ClH/c1-4-13(11-5-7-12(20-2)8-6-11)14-9-16(19)17(21-3)10-15(14)18;1-14(2)20-12-11(18-7-5-6-15(3)4)10(9(17)8-16)19-13(12)21-14;/h4-10,13H,1H2,2-3H3;9-13,16-17H,5-8H2,1-4H3;1H. The van der Waals surface area contributed by atoms with Gasteiger partial charge in [-0.3, -0.25) is 9.59 Å². The largest absolute Gasteiger partial charge is 0.497 e. The highest BCUT2D eigenvalue weighted by molar-refractivity contribution is 6.19. The number of benzene rings is 1. The van der Waals surface area contributed by atoms with Crippen molar-refractivity contribution in [3.63, 3.8) is 0 Å². The van der Waals surface area contributed by atoms with Gasteiger partial charge in [0.25, 0.3) is 0 Å². The number of nitrogens with zero attached hydrogens (tertiary/aromatic N) is 1. The van der Waals surface area contributed by atoms with Crippen molar-refractivity contribution in [1.82, 2.24) is 4.90 Å². The Balaban J connectivity index is 0.000000293. The lowest BCUT2D eigenvalue weighted by molar-refractivity contribution is -0.231. The van der Waals surface area contributed by atoms with Crippen LogP contribution >= 0.6 is 12.4 Å². The first-order valence-corrected chi connectivity index (χ1v) is 13.8. The number of aliphatic hydroxyl groups is 2. The Bertz CT molecular complexity index is 1150. The van der Waals surface area contributed by atoms with Crippen molar-refractivity contribution in [2.45, 2.75) is 62.7 Å². The minimum atomic E-state index is -1.01. The number of aliphatic hydroxyl groups excluding tert-OH is 2. The van der Waals surface area contributed by atoms with E-state index in [1.807, 2.05) is 40.1 Å². The molecule has 1 aromatic carbocycles. The molecule has 1 aromatic rings. The van der Waals surface area contributed by atoms with E-state index in [1.165, 1.54) is 19.3 Å². The van der Waals surface area contributed by atoms with Crippen LogP contribution in [0.15, 0.2) is 60.4 Å². The highest BCUT2D eigenvalue weighted by atomic mass is 35.5. The molecule has 0 bridgehead atoms. The van der Waals surface area contributed by atoms with Gasteiger partial charge in [-0.2, -0.15) is 0 Å². The van der Waals surface area contributed by atoms with Crippen LogP contribution in [0.1, 0.15) is 31.7 Å². The van der Waals surface area contributed by atoms with E-state index in [0.717, 1.165) is 24.3 Å². The number of hydrogen-bond acceptors (Lipinski definition) is 11. The minimum Gasteiger partial charge on any atom is -0.497 e. The normalized spacial score (nSPS) is 25.4. The number of rotatable bonds is 12. The van der Waals surface area contributed by atoms with Gasteiger partial charge in [-0.15, -0.1) is 19.0 Å². The van der Waals surface area contributed by atoms with Crippen molar-refractivity contribution in [2.24, 2.45) is 0 Å². The minimum absolute atomic E-state index is 0. The number of ether oxygens (including phenoxy) is 6. The summed E-state index contributed by atoms with van der Waals surface area (Å²) < 4.78 is 33.0. The van der Waals surface area contributed by atoms with Crippen LogP contribution in [0, 0.1) is 0 Å². The highest BCUT2D eigenvalue weighted by Crippen LogP contribution is 2.39. The Morgan fingerprint density at radius 3 is 2.30 bits per heavy atom. The Kier molecular flexibility index (Phi) is 14.0. The van der Waals surface area contributed by atoms with E-state index in [4.69, 9.17) is 33.5 Å². The SMILES string of the molecule is C=CC(C1=CC(=O)C(OC)=CC1=O)c1ccc(OC)cc1.CN(C)CCCOC1C(C(O)CO)OC2OC(C)(C)OC21.Cl. The highest BCUT2D eigenvalue weighted by Gasteiger charge is 2.56. The Hall–Kier alpha value is -2.61. The molecule has 4 rings (SSSR count). The molecule has 0 radical (unpaired) electrons. The number of carbonyl (C=O) groups is 2. The molecule has 2 saturated heterocycles. The van der Waals surface area contributed by atoms with Gasteiger partial charge in [0.1, 0.15) is 30.2 Å². The van der Waals surface area contributed by atoms with Crippen molar-refractivity contribution in [1.29, 1.82) is 0 Å². The average molecular weight is 626 g/mol. The smallest absolute Gasteiger partial charge is 0.220 e. The van der Waals surface area contributed by atoms with Crippen molar-refractivity contribution in [3.05, 3.63) is 66.0 Å². The molecular weight excluding hydrogens is 582 g/mol. The summed E-state index contributed by atoms with van der Waals surface area (Å²) in [6.07, 6.45) is 2.01. The molecule has 0 spiro atoms. The van der Waals surface area contributed by atoms with E-state index in [0.29, 0.717) is 12.2 Å². The third-order valence-corrected chi connectivity index (χ3v) is 6.99. The lowest BCUT2D eigenvalue weighted by Crippen LogP contribution is -2.44. The Morgan fingerprint density at radius 1 is 1.07 bits per heavy atom. The summed E-state index contributed by atoms with van der Waals surface area (Å²) in [5, 5.41) is 19.0. The number of hydrogen-bond donors (Lipinski definition) is 2. The summed E-state index contributed by atoms with van der Waals surface area (Å²) in [5.74, 6) is -0.846. The van der Waals surface area contributed by atoms with Gasteiger partial charge in [-0.1, -0.05) is 18.2 Å². The fraction of sp³-hybridized carbons (Fsp3) is 0.548. The second-order valence-corrected chi connectivity index (χ2v) is 10.8. The predicted molar refractivity (Wildman–Crippen MR) is 161 cm³/mol. The quantitative estimate of drug-likeness (QED) is 0.202. The van der Waals surface area contributed by atoms with Gasteiger partial charge in [0.2, 0.25) is 5.78 Å². The molecule has 2 heterocycles. The first kappa shape index (κ1) is 36.6. The third-order valence-electron chi connectivity index (χ3n) is 6.99. The molecule has 3 aliphatic rings. The maximum absolute atomic E-state index is 12.2. The van der Waals surface area contributed by atoms with E-state index in [1.54, 1.807) is 25.3 Å². The second-order valence-electron chi connectivity index (χ2n) is 10.8. The van der Waals surface area contributed by atoms with E-state index in [2.05, 4.69) is 11.5 Å². The molecule has 12 heteroatoms. The van der Waals surface area contributed by atoms with E-state index in [-0.39, 0.29) is 48.4 Å². The molecule has 1 aliphatic carbocycles. The second kappa shape index (κ2) is 16.5. The molecule has 0 saturated carbocycles. The van der Waals surface area contributed by atoms with Gasteiger partial charge in [0.15, 0.2) is 23.6 Å². The molecule has 2 aliphatic heterocycles. The monoisotopic (exact) mass is 625 g/mol. The molecule has 2 N–H and O–H groups in total. The Morgan fingerprint density at radius 2 is 1.74 bits per heavy atom. The number of ketones is 2. The number of methoxy groups -OCH3 is 2. The molecule has 0 aromatic heterocycles. The van der Waals surface area contributed by atoms with Crippen molar-refractivity contribution < 1.29 is 48.2 Å². The molecule has 11 nitrogen and oxygen atoms in total. The molecule has 240 valence electrons. The van der Waals surface area contributed by atoms with Gasteiger partial charge >= 0.3 is 0 Å². The zero-order valence-corrected chi connectivity index (χ0v) is 26.4. The maximum Gasteiger partial charge on any atom is 0.220 e. The first-order valence-electron chi connectivity index (χ1n) is 13.8. The summed E-state index contributed by atoms with van der Waals surface area (Å²) in [7, 11) is 6.96. The van der Waals surface area contributed by atoms with Crippen LogP contribution in [-0.2, 0) is 33.3 Å². The van der Waals surface area contributed by atoms with E-state index < -0.39 is 30.4 Å². The number of halogens is 1. The van der Waals surface area contributed by atoms with E-state index in [9.17, 15) is 14.7 Å². The van der Waals surface area contributed by atoms with Crippen molar-refractivity contribution in [3.8, 4) is 5.75 Å². The predicted octanol–water partition coefficient (Wildman–Crippen LogP) is 2.55.